The minimum absolute atomic E-state index is 0.0118. The maximum Gasteiger partial charge on any atom is 0.258 e. The van der Waals surface area contributed by atoms with Gasteiger partial charge in [-0.3, -0.25) is 4.79 Å². The van der Waals surface area contributed by atoms with Crippen molar-refractivity contribution in [1.29, 1.82) is 0 Å². The Morgan fingerprint density at radius 3 is 2.81 bits per heavy atom. The lowest BCUT2D eigenvalue weighted by molar-refractivity contribution is 0.0888. The molecule has 0 saturated heterocycles. The lowest BCUT2D eigenvalue weighted by Gasteiger charge is -2.32. The van der Waals surface area contributed by atoms with Crippen molar-refractivity contribution < 1.29 is 9.53 Å². The zero-order valence-corrected chi connectivity index (χ0v) is 15.8. The van der Waals surface area contributed by atoms with Crippen LogP contribution in [0.1, 0.15) is 68.1 Å². The van der Waals surface area contributed by atoms with Gasteiger partial charge in [0.2, 0.25) is 5.88 Å². The Morgan fingerprint density at radius 1 is 1.19 bits per heavy atom. The van der Waals surface area contributed by atoms with Crippen LogP contribution in [0.5, 0.6) is 5.88 Å². The van der Waals surface area contributed by atoms with Crippen LogP contribution in [0.2, 0.25) is 0 Å². The second-order valence-electron chi connectivity index (χ2n) is 9.29. The lowest BCUT2D eigenvalue weighted by Crippen LogP contribution is -2.44. The van der Waals surface area contributed by atoms with Gasteiger partial charge < -0.3 is 10.1 Å². The third-order valence-electron chi connectivity index (χ3n) is 7.67. The Hall–Kier alpha value is -1.52. The van der Waals surface area contributed by atoms with E-state index in [0.29, 0.717) is 41.8 Å². The smallest absolute Gasteiger partial charge is 0.258 e. The average molecular weight is 357 g/mol. The number of nitrogens with zero attached hydrogens (tertiary/aromatic N) is 2. The number of aryl methyl sites for hydroxylation is 1. The summed E-state index contributed by atoms with van der Waals surface area (Å²) in [6, 6.07) is 0.373. The van der Waals surface area contributed by atoms with Crippen molar-refractivity contribution in [2.45, 2.75) is 63.8 Å². The minimum Gasteiger partial charge on any atom is -0.477 e. The van der Waals surface area contributed by atoms with Gasteiger partial charge in [0.05, 0.1) is 12.8 Å². The molecule has 0 aromatic carbocycles. The number of hydrogen-bond acceptors (Lipinski definition) is 3. The van der Waals surface area contributed by atoms with Gasteiger partial charge in [-0.15, -0.1) is 0 Å². The number of aromatic nitrogens is 2. The number of rotatable bonds is 5. The molecule has 5 unspecified atom stereocenters. The van der Waals surface area contributed by atoms with E-state index in [9.17, 15) is 4.79 Å². The third-order valence-corrected chi connectivity index (χ3v) is 7.67. The predicted molar refractivity (Wildman–Crippen MR) is 99.0 cm³/mol. The van der Waals surface area contributed by atoms with Crippen molar-refractivity contribution >= 4 is 5.91 Å². The molecule has 0 radical (unpaired) electrons. The Labute approximate surface area is 155 Å². The summed E-state index contributed by atoms with van der Waals surface area (Å²) in [7, 11) is 1.87. The molecule has 5 aliphatic rings. The van der Waals surface area contributed by atoms with E-state index in [1.165, 1.54) is 57.8 Å². The maximum absolute atomic E-state index is 13.0. The largest absolute Gasteiger partial charge is 0.477 e. The summed E-state index contributed by atoms with van der Waals surface area (Å²) in [4.78, 5) is 13.0. The van der Waals surface area contributed by atoms with E-state index < -0.39 is 0 Å². The Kier molecular flexibility index (Phi) is 4.21. The van der Waals surface area contributed by atoms with Gasteiger partial charge in [-0.1, -0.05) is 19.3 Å². The topological polar surface area (TPSA) is 56.2 Å². The molecule has 5 heteroatoms. The van der Waals surface area contributed by atoms with Gasteiger partial charge in [-0.05, 0) is 68.1 Å². The summed E-state index contributed by atoms with van der Waals surface area (Å²) in [5.41, 5.74) is 0.612. The van der Waals surface area contributed by atoms with Crippen molar-refractivity contribution in [3.05, 3.63) is 11.8 Å². The van der Waals surface area contributed by atoms with Crippen LogP contribution in [0.3, 0.4) is 0 Å². The highest BCUT2D eigenvalue weighted by Crippen LogP contribution is 2.58. The highest BCUT2D eigenvalue weighted by Gasteiger charge is 2.54. The second kappa shape index (κ2) is 6.58. The van der Waals surface area contributed by atoms with Crippen LogP contribution in [-0.2, 0) is 7.05 Å². The molecule has 5 atom stereocenters. The van der Waals surface area contributed by atoms with E-state index in [-0.39, 0.29) is 5.91 Å². The minimum atomic E-state index is 0.0118. The van der Waals surface area contributed by atoms with Crippen molar-refractivity contribution in [1.82, 2.24) is 15.1 Å². The second-order valence-corrected chi connectivity index (χ2v) is 9.29. The van der Waals surface area contributed by atoms with Gasteiger partial charge in [0.1, 0.15) is 5.56 Å². The van der Waals surface area contributed by atoms with Crippen LogP contribution < -0.4 is 10.1 Å². The molecule has 26 heavy (non-hydrogen) atoms. The average Bonchev–Trinajstić information content (AvgIpc) is 3.24. The van der Waals surface area contributed by atoms with Crippen molar-refractivity contribution in [2.75, 3.05) is 6.61 Å². The monoisotopic (exact) mass is 357 g/mol. The molecule has 1 aromatic heterocycles. The fourth-order valence-electron chi connectivity index (χ4n) is 6.49. The number of ether oxygens (including phenoxy) is 1. The van der Waals surface area contributed by atoms with E-state index in [0.717, 1.165) is 11.8 Å². The Bertz CT molecular complexity index is 675. The number of carbonyl (C=O) groups excluding carboxylic acids is 1. The summed E-state index contributed by atoms with van der Waals surface area (Å²) < 4.78 is 7.81. The highest BCUT2D eigenvalue weighted by atomic mass is 16.5. The number of hydrogen-bond donors (Lipinski definition) is 1. The van der Waals surface area contributed by atoms with E-state index in [1.807, 2.05) is 7.05 Å². The fraction of sp³-hybridized carbons (Fsp3) is 0.810. The molecule has 5 nitrogen and oxygen atoms in total. The molecule has 0 spiro atoms. The van der Waals surface area contributed by atoms with Crippen LogP contribution in [0.4, 0.5) is 0 Å². The molecule has 0 aliphatic heterocycles. The van der Waals surface area contributed by atoms with Crippen molar-refractivity contribution in [3.8, 4) is 5.88 Å². The van der Waals surface area contributed by atoms with Crippen LogP contribution in [0.15, 0.2) is 6.20 Å². The first kappa shape index (κ1) is 16.6. The molecule has 142 valence electrons. The first-order valence-corrected chi connectivity index (χ1v) is 10.6. The molecular formula is C21H31N3O2. The number of carbonyl (C=O) groups is 1. The van der Waals surface area contributed by atoms with Gasteiger partial charge in [-0.2, -0.15) is 5.10 Å². The van der Waals surface area contributed by atoms with Gasteiger partial charge in [-0.25, -0.2) is 4.68 Å². The Balaban J connectivity index is 1.25. The maximum atomic E-state index is 13.0. The van der Waals surface area contributed by atoms with Crippen LogP contribution in [0.25, 0.3) is 0 Å². The molecule has 5 fully saturated rings. The zero-order chi connectivity index (χ0) is 17.7. The molecular weight excluding hydrogens is 326 g/mol. The number of nitrogens with one attached hydrogen (secondary N) is 1. The van der Waals surface area contributed by atoms with Gasteiger partial charge in [0.15, 0.2) is 0 Å². The SMILES string of the molecule is Cn1ncc(C(=O)NC2C3CC4CC(C3)C2C4)c1OCC1CCCCC1. The van der Waals surface area contributed by atoms with E-state index in [1.54, 1.807) is 10.9 Å². The molecule has 1 N–H and O–H groups in total. The molecule has 6 rings (SSSR count). The highest BCUT2D eigenvalue weighted by molar-refractivity contribution is 5.96. The Morgan fingerprint density at radius 2 is 2.00 bits per heavy atom. The molecule has 5 aliphatic carbocycles. The van der Waals surface area contributed by atoms with Crippen LogP contribution >= 0.6 is 0 Å². The van der Waals surface area contributed by atoms with Gasteiger partial charge in [0.25, 0.3) is 5.91 Å². The van der Waals surface area contributed by atoms with Gasteiger partial charge in [0, 0.05) is 13.1 Å². The molecule has 4 bridgehead atoms. The molecule has 1 amide bonds. The standard InChI is InChI=1S/C21H31N3O2/c1-24-21(26-12-13-5-3-2-4-6-13)18(11-22-24)20(25)23-19-16-8-14-7-15(10-16)17(19)9-14/h11,13-17,19H,2-10,12H2,1H3,(H,23,25). The summed E-state index contributed by atoms with van der Waals surface area (Å²) >= 11 is 0. The van der Waals surface area contributed by atoms with Gasteiger partial charge >= 0.3 is 0 Å². The van der Waals surface area contributed by atoms with E-state index in [2.05, 4.69) is 10.4 Å². The molecule has 1 aromatic rings. The first-order chi connectivity index (χ1) is 12.7. The molecule has 1 heterocycles. The lowest BCUT2D eigenvalue weighted by atomic mass is 9.79. The van der Waals surface area contributed by atoms with Crippen molar-refractivity contribution in [3.63, 3.8) is 0 Å². The first-order valence-electron chi connectivity index (χ1n) is 10.6. The summed E-state index contributed by atoms with van der Waals surface area (Å²) in [6.07, 6.45) is 13.5. The summed E-state index contributed by atoms with van der Waals surface area (Å²) in [5.74, 6) is 4.48. The van der Waals surface area contributed by atoms with E-state index in [4.69, 9.17) is 4.74 Å². The summed E-state index contributed by atoms with van der Waals surface area (Å²) in [6.45, 7) is 0.707. The predicted octanol–water partition coefficient (Wildman–Crippen LogP) is 3.54. The van der Waals surface area contributed by atoms with Crippen molar-refractivity contribution in [2.24, 2.45) is 36.6 Å². The fourth-order valence-corrected chi connectivity index (χ4v) is 6.49. The summed E-state index contributed by atoms with van der Waals surface area (Å²) in [5, 5.41) is 7.68. The normalized spacial score (nSPS) is 35.8. The van der Waals surface area contributed by atoms with Crippen LogP contribution in [0, 0.1) is 29.6 Å². The quantitative estimate of drug-likeness (QED) is 0.877. The molecule has 5 saturated carbocycles. The third kappa shape index (κ3) is 2.84. The van der Waals surface area contributed by atoms with Crippen LogP contribution in [-0.4, -0.2) is 28.3 Å². The van der Waals surface area contributed by atoms with E-state index >= 15 is 0 Å². The zero-order valence-electron chi connectivity index (χ0n) is 15.8. The number of amides is 1.